The van der Waals surface area contributed by atoms with Crippen molar-refractivity contribution >= 4 is 6.08 Å². The van der Waals surface area contributed by atoms with Gasteiger partial charge in [-0.05, 0) is 19.4 Å². The summed E-state index contributed by atoms with van der Waals surface area (Å²) in [7, 11) is 1.94. The number of nitrogens with zero attached hydrogens (tertiary/aromatic N) is 3. The Bertz CT molecular complexity index is 677. The first kappa shape index (κ1) is 16.0. The van der Waals surface area contributed by atoms with E-state index in [1.165, 1.54) is 11.1 Å². The van der Waals surface area contributed by atoms with Crippen LogP contribution in [0.2, 0.25) is 0 Å². The maximum absolute atomic E-state index is 6.08. The Hall–Kier alpha value is -1.91. The molecule has 0 amide bonds. The fourth-order valence-electron chi connectivity index (χ4n) is 3.19. The zero-order chi connectivity index (χ0) is 16.3. The molecule has 23 heavy (non-hydrogen) atoms. The lowest BCUT2D eigenvalue weighted by atomic mass is 9.96. The summed E-state index contributed by atoms with van der Waals surface area (Å²) in [4.78, 5) is 2.46. The highest BCUT2D eigenvalue weighted by Crippen LogP contribution is 2.29. The molecule has 1 aromatic heterocycles. The van der Waals surface area contributed by atoms with Crippen LogP contribution >= 0.6 is 0 Å². The Balaban J connectivity index is 1.68. The van der Waals surface area contributed by atoms with Gasteiger partial charge in [-0.1, -0.05) is 42.0 Å². The SMILES string of the molecule is CC(=Cc1ccccc1)CN1CCOC(C)(c2cnn(C)c2)C1. The van der Waals surface area contributed by atoms with Crippen molar-refractivity contribution in [3.8, 4) is 0 Å². The second-order valence-electron chi connectivity index (χ2n) is 6.59. The first-order chi connectivity index (χ1) is 11.0. The van der Waals surface area contributed by atoms with Crippen LogP contribution in [-0.4, -0.2) is 40.9 Å². The van der Waals surface area contributed by atoms with Crippen LogP contribution in [-0.2, 0) is 17.4 Å². The molecule has 1 atom stereocenters. The zero-order valence-corrected chi connectivity index (χ0v) is 14.2. The van der Waals surface area contributed by atoms with E-state index in [9.17, 15) is 0 Å². The quantitative estimate of drug-likeness (QED) is 0.869. The Morgan fingerprint density at radius 1 is 1.35 bits per heavy atom. The molecule has 4 heteroatoms. The predicted molar refractivity (Wildman–Crippen MR) is 93.0 cm³/mol. The summed E-state index contributed by atoms with van der Waals surface area (Å²) in [5.74, 6) is 0. The molecule has 0 bridgehead atoms. The van der Waals surface area contributed by atoms with E-state index in [0.29, 0.717) is 0 Å². The third-order valence-corrected chi connectivity index (χ3v) is 4.35. The van der Waals surface area contributed by atoms with Crippen molar-refractivity contribution in [2.45, 2.75) is 19.4 Å². The van der Waals surface area contributed by atoms with E-state index in [4.69, 9.17) is 4.74 Å². The van der Waals surface area contributed by atoms with Gasteiger partial charge in [0, 0.05) is 38.4 Å². The Morgan fingerprint density at radius 3 is 2.83 bits per heavy atom. The van der Waals surface area contributed by atoms with Gasteiger partial charge in [0.05, 0.1) is 12.8 Å². The minimum Gasteiger partial charge on any atom is -0.368 e. The minimum absolute atomic E-state index is 0.278. The summed E-state index contributed by atoms with van der Waals surface area (Å²) in [5, 5.41) is 4.29. The summed E-state index contributed by atoms with van der Waals surface area (Å²) < 4.78 is 7.92. The predicted octanol–water partition coefficient (Wildman–Crippen LogP) is 3.07. The second kappa shape index (κ2) is 6.69. The molecule has 0 aliphatic carbocycles. The number of hydrogen-bond acceptors (Lipinski definition) is 3. The lowest BCUT2D eigenvalue weighted by Crippen LogP contribution is -2.48. The highest BCUT2D eigenvalue weighted by Gasteiger charge is 2.34. The van der Waals surface area contributed by atoms with Gasteiger partial charge in [-0.25, -0.2) is 0 Å². The molecule has 2 heterocycles. The molecule has 4 nitrogen and oxygen atoms in total. The minimum atomic E-state index is -0.278. The maximum Gasteiger partial charge on any atom is 0.106 e. The van der Waals surface area contributed by atoms with Crippen LogP contribution in [0.4, 0.5) is 0 Å². The van der Waals surface area contributed by atoms with Gasteiger partial charge in [0.2, 0.25) is 0 Å². The highest BCUT2D eigenvalue weighted by atomic mass is 16.5. The van der Waals surface area contributed by atoms with Gasteiger partial charge in [-0.15, -0.1) is 0 Å². The smallest absolute Gasteiger partial charge is 0.106 e. The lowest BCUT2D eigenvalue weighted by molar-refractivity contribution is -0.101. The zero-order valence-electron chi connectivity index (χ0n) is 14.2. The summed E-state index contributed by atoms with van der Waals surface area (Å²) in [6.45, 7) is 7.93. The molecular weight excluding hydrogens is 286 g/mol. The number of aryl methyl sites for hydroxylation is 1. The molecule has 0 saturated carbocycles. The normalized spacial score (nSPS) is 23.2. The van der Waals surface area contributed by atoms with Gasteiger partial charge in [-0.2, -0.15) is 5.10 Å². The van der Waals surface area contributed by atoms with Gasteiger partial charge in [0.25, 0.3) is 0 Å². The maximum atomic E-state index is 6.08. The molecular formula is C19H25N3O. The molecule has 0 spiro atoms. The third-order valence-electron chi connectivity index (χ3n) is 4.35. The van der Waals surface area contributed by atoms with Crippen molar-refractivity contribution in [1.82, 2.24) is 14.7 Å². The molecule has 1 aromatic carbocycles. The molecule has 1 aliphatic rings. The van der Waals surface area contributed by atoms with Crippen LogP contribution in [0.5, 0.6) is 0 Å². The molecule has 122 valence electrons. The number of aromatic nitrogens is 2. The number of morpholine rings is 1. The topological polar surface area (TPSA) is 30.3 Å². The van der Waals surface area contributed by atoms with Crippen molar-refractivity contribution in [3.05, 3.63) is 59.4 Å². The third kappa shape index (κ3) is 3.89. The molecule has 1 fully saturated rings. The van der Waals surface area contributed by atoms with Crippen LogP contribution in [0.3, 0.4) is 0 Å². The fraction of sp³-hybridized carbons (Fsp3) is 0.421. The number of benzene rings is 1. The van der Waals surface area contributed by atoms with E-state index >= 15 is 0 Å². The van der Waals surface area contributed by atoms with Crippen molar-refractivity contribution in [2.75, 3.05) is 26.2 Å². The van der Waals surface area contributed by atoms with E-state index in [0.717, 1.165) is 31.8 Å². The van der Waals surface area contributed by atoms with Gasteiger partial charge < -0.3 is 4.74 Å². The lowest BCUT2D eigenvalue weighted by Gasteiger charge is -2.40. The van der Waals surface area contributed by atoms with Gasteiger partial charge >= 0.3 is 0 Å². The fourth-order valence-corrected chi connectivity index (χ4v) is 3.19. The number of rotatable bonds is 4. The number of hydrogen-bond donors (Lipinski definition) is 0. The second-order valence-corrected chi connectivity index (χ2v) is 6.59. The van der Waals surface area contributed by atoms with Gasteiger partial charge in [0.1, 0.15) is 5.60 Å². The first-order valence-corrected chi connectivity index (χ1v) is 8.13. The Kier molecular flexibility index (Phi) is 4.64. The van der Waals surface area contributed by atoms with Crippen molar-refractivity contribution in [2.24, 2.45) is 7.05 Å². The molecule has 0 radical (unpaired) electrons. The monoisotopic (exact) mass is 311 g/mol. The summed E-state index contributed by atoms with van der Waals surface area (Å²) >= 11 is 0. The van der Waals surface area contributed by atoms with Crippen molar-refractivity contribution < 1.29 is 4.74 Å². The molecule has 0 N–H and O–H groups in total. The van der Waals surface area contributed by atoms with Crippen LogP contribution < -0.4 is 0 Å². The van der Waals surface area contributed by atoms with Crippen LogP contribution in [0.15, 0.2) is 48.3 Å². The molecule has 1 saturated heterocycles. The van der Waals surface area contributed by atoms with Gasteiger partial charge in [0.15, 0.2) is 0 Å². The van der Waals surface area contributed by atoms with Crippen molar-refractivity contribution in [3.63, 3.8) is 0 Å². The Labute approximate surface area is 138 Å². The average molecular weight is 311 g/mol. The van der Waals surface area contributed by atoms with Crippen molar-refractivity contribution in [1.29, 1.82) is 0 Å². The average Bonchev–Trinajstić information content (AvgIpc) is 2.96. The first-order valence-electron chi connectivity index (χ1n) is 8.13. The summed E-state index contributed by atoms with van der Waals surface area (Å²) in [6, 6.07) is 10.5. The van der Waals surface area contributed by atoms with E-state index in [2.05, 4.69) is 60.4 Å². The van der Waals surface area contributed by atoms with Crippen LogP contribution in [0.1, 0.15) is 25.0 Å². The molecule has 1 unspecified atom stereocenters. The largest absolute Gasteiger partial charge is 0.368 e. The highest BCUT2D eigenvalue weighted by molar-refractivity contribution is 5.52. The molecule has 1 aliphatic heterocycles. The Morgan fingerprint density at radius 2 is 2.13 bits per heavy atom. The van der Waals surface area contributed by atoms with Gasteiger partial charge in [-0.3, -0.25) is 9.58 Å². The van der Waals surface area contributed by atoms with E-state index in [-0.39, 0.29) is 5.60 Å². The van der Waals surface area contributed by atoms with E-state index in [1.54, 1.807) is 0 Å². The van der Waals surface area contributed by atoms with Crippen LogP contribution in [0, 0.1) is 0 Å². The van der Waals surface area contributed by atoms with Crippen LogP contribution in [0.25, 0.3) is 6.08 Å². The number of ether oxygens (including phenoxy) is 1. The summed E-state index contributed by atoms with van der Waals surface area (Å²) in [6.07, 6.45) is 6.23. The molecule has 3 rings (SSSR count). The standard InChI is InChI=1S/C19H25N3O/c1-16(11-17-7-5-4-6-8-17)13-22-9-10-23-19(2,15-22)18-12-20-21(3)14-18/h4-8,11-12,14H,9-10,13,15H2,1-3H3. The molecule has 2 aromatic rings. The van der Waals surface area contributed by atoms with E-state index in [1.807, 2.05) is 24.0 Å². The summed E-state index contributed by atoms with van der Waals surface area (Å²) in [5.41, 5.74) is 3.49. The van der Waals surface area contributed by atoms with E-state index < -0.39 is 0 Å².